The lowest BCUT2D eigenvalue weighted by Gasteiger charge is -2.13. The largest absolute Gasteiger partial charge is 0.453 e. The van der Waals surface area contributed by atoms with Crippen LogP contribution in [0.2, 0.25) is 0 Å². The van der Waals surface area contributed by atoms with Crippen molar-refractivity contribution in [3.63, 3.8) is 0 Å². The number of hydrogen-bond donors (Lipinski definition) is 0. The zero-order valence-corrected chi connectivity index (χ0v) is 3.72. The van der Waals surface area contributed by atoms with Crippen LogP contribution < -0.4 is 0 Å². The molecule has 0 aromatic carbocycles. The van der Waals surface area contributed by atoms with E-state index < -0.39 is 0 Å². The van der Waals surface area contributed by atoms with Crippen molar-refractivity contribution >= 4 is 0 Å². The minimum Gasteiger partial charge on any atom is -0.453 e. The predicted molar refractivity (Wildman–Crippen MR) is 26.1 cm³/mol. The fourth-order valence-electron chi connectivity index (χ4n) is 0.522. The van der Waals surface area contributed by atoms with Gasteiger partial charge in [0.25, 0.3) is 0 Å². The van der Waals surface area contributed by atoms with Gasteiger partial charge < -0.3 is 4.90 Å². The summed E-state index contributed by atoms with van der Waals surface area (Å²) in [6.45, 7) is 2.06. The molecule has 0 saturated carbocycles. The maximum Gasteiger partial charge on any atom is -0.0114 e. The molecule has 1 rings (SSSR count). The summed E-state index contributed by atoms with van der Waals surface area (Å²) in [5, 5.41) is 0. The quantitative estimate of drug-likeness (QED) is 0.306. The van der Waals surface area contributed by atoms with E-state index in [0.29, 0.717) is 0 Å². The molecule has 1 heterocycles. The highest BCUT2D eigenvalue weighted by Crippen LogP contribution is 1.92. The van der Waals surface area contributed by atoms with Gasteiger partial charge in [-0.3, -0.25) is 7.05 Å². The Balaban J connectivity index is 2.32. The van der Waals surface area contributed by atoms with Crippen LogP contribution in [-0.4, -0.2) is 18.0 Å². The van der Waals surface area contributed by atoms with Gasteiger partial charge in [-0.1, -0.05) is 12.2 Å². The first kappa shape index (κ1) is 3.88. The van der Waals surface area contributed by atoms with Crippen LogP contribution in [0, 0.1) is 7.05 Å². The Morgan fingerprint density at radius 1 is 1.33 bits per heavy atom. The Labute approximate surface area is 38.3 Å². The first-order valence-corrected chi connectivity index (χ1v) is 2.10. The first-order valence-electron chi connectivity index (χ1n) is 2.10. The zero-order chi connectivity index (χ0) is 4.41. The van der Waals surface area contributed by atoms with E-state index in [4.69, 9.17) is 0 Å². The molecule has 1 nitrogen and oxygen atoms in total. The average molecular weight is 82.1 g/mol. The second-order valence-corrected chi connectivity index (χ2v) is 1.51. The Hall–Kier alpha value is -0.300. The summed E-state index contributed by atoms with van der Waals surface area (Å²) < 4.78 is 0. The van der Waals surface area contributed by atoms with Gasteiger partial charge in [-0.2, -0.15) is 0 Å². The van der Waals surface area contributed by atoms with E-state index in [1.54, 1.807) is 0 Å². The van der Waals surface area contributed by atoms with Crippen LogP contribution >= 0.6 is 0 Å². The Bertz CT molecular complexity index is 58.3. The van der Waals surface area contributed by atoms with Gasteiger partial charge in [0.05, 0.1) is 0 Å². The standard InChI is InChI=1S/C5H8N/c1-6-4-2-3-5-6/h2-3H,1,4-5H2/q-1. The summed E-state index contributed by atoms with van der Waals surface area (Å²) in [4.78, 5) is 2.00. The van der Waals surface area contributed by atoms with Gasteiger partial charge in [-0.25, -0.2) is 0 Å². The van der Waals surface area contributed by atoms with E-state index in [1.807, 2.05) is 4.90 Å². The van der Waals surface area contributed by atoms with Crippen LogP contribution in [0.3, 0.4) is 0 Å². The van der Waals surface area contributed by atoms with Crippen molar-refractivity contribution in [2.75, 3.05) is 13.1 Å². The molecule has 0 unspecified atom stereocenters. The van der Waals surface area contributed by atoms with Crippen LogP contribution in [0.4, 0.5) is 0 Å². The van der Waals surface area contributed by atoms with Gasteiger partial charge in [0.15, 0.2) is 0 Å². The summed E-state index contributed by atoms with van der Waals surface area (Å²) >= 11 is 0. The van der Waals surface area contributed by atoms with Crippen LogP contribution in [0.1, 0.15) is 0 Å². The lowest BCUT2D eigenvalue weighted by molar-refractivity contribution is 0.481. The topological polar surface area (TPSA) is 3.24 Å². The maximum atomic E-state index is 3.71. The number of hydrogen-bond acceptors (Lipinski definition) is 1. The molecule has 0 amide bonds. The normalized spacial score (nSPS) is 22.8. The minimum absolute atomic E-state index is 1.03. The van der Waals surface area contributed by atoms with Crippen molar-refractivity contribution in [1.29, 1.82) is 0 Å². The lowest BCUT2D eigenvalue weighted by Crippen LogP contribution is -2.08. The predicted octanol–water partition coefficient (Wildman–Crippen LogP) is 0.650. The zero-order valence-electron chi connectivity index (χ0n) is 3.72. The molecule has 0 radical (unpaired) electrons. The van der Waals surface area contributed by atoms with Gasteiger partial charge >= 0.3 is 0 Å². The highest BCUT2D eigenvalue weighted by Gasteiger charge is 1.87. The summed E-state index contributed by atoms with van der Waals surface area (Å²) in [5.41, 5.74) is 0. The highest BCUT2D eigenvalue weighted by atomic mass is 15.1. The van der Waals surface area contributed by atoms with Crippen molar-refractivity contribution in [3.8, 4) is 0 Å². The molecule has 0 aromatic heterocycles. The molecule has 0 aromatic rings. The molecule has 0 aliphatic carbocycles. The molecule has 0 N–H and O–H groups in total. The monoisotopic (exact) mass is 82.1 g/mol. The summed E-state index contributed by atoms with van der Waals surface area (Å²) in [6, 6.07) is 0. The smallest absolute Gasteiger partial charge is 0.0114 e. The molecule has 1 heteroatoms. The van der Waals surface area contributed by atoms with E-state index in [1.165, 1.54) is 0 Å². The van der Waals surface area contributed by atoms with Gasteiger partial charge in [0, 0.05) is 0 Å². The molecular weight excluding hydrogens is 74.1 g/mol. The van der Waals surface area contributed by atoms with Crippen LogP contribution in [-0.2, 0) is 0 Å². The Kier molecular flexibility index (Phi) is 0.926. The van der Waals surface area contributed by atoms with E-state index in [-0.39, 0.29) is 0 Å². The molecule has 0 saturated heterocycles. The third kappa shape index (κ3) is 0.601. The third-order valence-corrected chi connectivity index (χ3v) is 0.894. The lowest BCUT2D eigenvalue weighted by atomic mass is 10.6. The molecule has 6 heavy (non-hydrogen) atoms. The summed E-state index contributed by atoms with van der Waals surface area (Å²) in [6.07, 6.45) is 4.24. The van der Waals surface area contributed by atoms with Gasteiger partial charge in [0.2, 0.25) is 0 Å². The maximum absolute atomic E-state index is 3.71. The fraction of sp³-hybridized carbons (Fsp3) is 0.400. The second kappa shape index (κ2) is 1.43. The Morgan fingerprint density at radius 3 is 2.00 bits per heavy atom. The molecule has 1 aliphatic heterocycles. The molecule has 0 bridgehead atoms. The molecule has 1 aliphatic rings. The van der Waals surface area contributed by atoms with Crippen molar-refractivity contribution in [3.05, 3.63) is 19.2 Å². The van der Waals surface area contributed by atoms with E-state index >= 15 is 0 Å². The van der Waals surface area contributed by atoms with E-state index in [2.05, 4.69) is 19.2 Å². The molecule has 0 fully saturated rings. The van der Waals surface area contributed by atoms with E-state index in [0.717, 1.165) is 13.1 Å². The van der Waals surface area contributed by atoms with Crippen molar-refractivity contribution in [2.45, 2.75) is 0 Å². The van der Waals surface area contributed by atoms with Crippen LogP contribution in [0.25, 0.3) is 0 Å². The Morgan fingerprint density at radius 2 is 1.83 bits per heavy atom. The summed E-state index contributed by atoms with van der Waals surface area (Å²) in [5.74, 6) is 0. The third-order valence-electron chi connectivity index (χ3n) is 0.894. The van der Waals surface area contributed by atoms with Crippen LogP contribution in [0.5, 0.6) is 0 Å². The first-order chi connectivity index (χ1) is 2.89. The number of nitrogens with zero attached hydrogens (tertiary/aromatic N) is 1. The van der Waals surface area contributed by atoms with Crippen molar-refractivity contribution < 1.29 is 0 Å². The summed E-state index contributed by atoms with van der Waals surface area (Å²) in [7, 11) is 3.71. The fourth-order valence-corrected chi connectivity index (χ4v) is 0.522. The molecule has 0 atom stereocenters. The molecule has 34 valence electrons. The van der Waals surface area contributed by atoms with Gasteiger partial charge in [0.1, 0.15) is 0 Å². The average Bonchev–Trinajstić information content (AvgIpc) is 1.86. The highest BCUT2D eigenvalue weighted by molar-refractivity contribution is 4.94. The molecule has 0 spiro atoms. The minimum atomic E-state index is 1.03. The van der Waals surface area contributed by atoms with Crippen LogP contribution in [0.15, 0.2) is 12.2 Å². The second-order valence-electron chi connectivity index (χ2n) is 1.51. The van der Waals surface area contributed by atoms with Gasteiger partial charge in [-0.05, 0) is 13.1 Å². The van der Waals surface area contributed by atoms with E-state index in [9.17, 15) is 0 Å². The van der Waals surface area contributed by atoms with Gasteiger partial charge in [-0.15, -0.1) is 0 Å². The van der Waals surface area contributed by atoms with Crippen molar-refractivity contribution in [2.24, 2.45) is 0 Å². The molecular formula is C5H8N-. The number of rotatable bonds is 0. The van der Waals surface area contributed by atoms with Crippen molar-refractivity contribution in [1.82, 2.24) is 4.90 Å². The SMILES string of the molecule is [CH2-]N1CC=CC1.